The number of likely N-dealkylation sites (tertiary alicyclic amines) is 1. The Balaban J connectivity index is 0.000000382. The van der Waals surface area contributed by atoms with Gasteiger partial charge in [0.05, 0.1) is 19.0 Å². The van der Waals surface area contributed by atoms with Gasteiger partial charge in [-0.15, -0.1) is 12.4 Å². The lowest BCUT2D eigenvalue weighted by Gasteiger charge is -2.43. The molecule has 2 N–H and O–H groups in total. The smallest absolute Gasteiger partial charge is 0.140 e. The maximum atomic E-state index is 11.6. The van der Waals surface area contributed by atoms with Crippen LogP contribution in [0, 0.1) is 5.92 Å². The van der Waals surface area contributed by atoms with E-state index >= 15 is 0 Å². The SMILES string of the molecule is C1=CNCCC1.COc1cc(C2(O)CCN(Cc3ccccc3)CC2C)c2occc2c1.Cl. The predicted octanol–water partition coefficient (Wildman–Crippen LogP) is 5.48. The average molecular weight is 471 g/mol. The summed E-state index contributed by atoms with van der Waals surface area (Å²) in [4.78, 5) is 2.41. The molecule has 0 saturated carbocycles. The number of fused-ring (bicyclic) bond motifs is 1. The van der Waals surface area contributed by atoms with Gasteiger partial charge in [-0.2, -0.15) is 0 Å². The molecule has 178 valence electrons. The van der Waals surface area contributed by atoms with E-state index in [9.17, 15) is 5.11 Å². The van der Waals surface area contributed by atoms with E-state index < -0.39 is 5.60 Å². The minimum absolute atomic E-state index is 0. The number of halogens is 1. The predicted molar refractivity (Wildman–Crippen MR) is 136 cm³/mol. The Hall–Kier alpha value is -2.47. The van der Waals surface area contributed by atoms with Crippen molar-refractivity contribution in [3.63, 3.8) is 0 Å². The van der Waals surface area contributed by atoms with Crippen molar-refractivity contribution in [1.82, 2.24) is 10.2 Å². The summed E-state index contributed by atoms with van der Waals surface area (Å²) in [5.74, 6) is 0.835. The fourth-order valence-electron chi connectivity index (χ4n) is 4.66. The molecule has 3 heterocycles. The second kappa shape index (κ2) is 11.6. The van der Waals surface area contributed by atoms with E-state index in [0.717, 1.165) is 48.5 Å². The maximum absolute atomic E-state index is 11.6. The first kappa shape index (κ1) is 25.2. The van der Waals surface area contributed by atoms with Gasteiger partial charge in [-0.25, -0.2) is 0 Å². The topological polar surface area (TPSA) is 57.9 Å². The molecule has 1 aromatic heterocycles. The molecule has 0 spiro atoms. The monoisotopic (exact) mass is 470 g/mol. The number of methoxy groups -OCH3 is 1. The Labute approximate surface area is 202 Å². The van der Waals surface area contributed by atoms with Gasteiger partial charge < -0.3 is 19.6 Å². The van der Waals surface area contributed by atoms with Crippen molar-refractivity contribution in [2.75, 3.05) is 26.7 Å². The largest absolute Gasteiger partial charge is 0.497 e. The van der Waals surface area contributed by atoms with Gasteiger partial charge in [-0.3, -0.25) is 4.90 Å². The third-order valence-electron chi connectivity index (χ3n) is 6.56. The molecule has 0 aliphatic carbocycles. The third kappa shape index (κ3) is 5.91. The molecular weight excluding hydrogens is 436 g/mol. The van der Waals surface area contributed by atoms with Crippen LogP contribution >= 0.6 is 12.4 Å². The summed E-state index contributed by atoms with van der Waals surface area (Å²) >= 11 is 0. The Bertz CT molecular complexity index is 1030. The summed E-state index contributed by atoms with van der Waals surface area (Å²) < 4.78 is 11.1. The van der Waals surface area contributed by atoms with Gasteiger partial charge in [-0.1, -0.05) is 43.3 Å². The molecule has 5 rings (SSSR count). The highest BCUT2D eigenvalue weighted by Gasteiger charge is 2.42. The van der Waals surface area contributed by atoms with Crippen molar-refractivity contribution in [3.8, 4) is 5.75 Å². The van der Waals surface area contributed by atoms with Crippen molar-refractivity contribution in [3.05, 3.63) is 78.2 Å². The van der Waals surface area contributed by atoms with Gasteiger partial charge in [-0.05, 0) is 49.2 Å². The number of nitrogens with one attached hydrogen (secondary N) is 1. The molecule has 5 nitrogen and oxygen atoms in total. The van der Waals surface area contributed by atoms with E-state index in [-0.39, 0.29) is 18.3 Å². The lowest BCUT2D eigenvalue weighted by atomic mass is 9.76. The molecule has 2 atom stereocenters. The summed E-state index contributed by atoms with van der Waals surface area (Å²) in [6, 6.07) is 16.3. The molecule has 0 amide bonds. The number of hydrogen-bond acceptors (Lipinski definition) is 5. The van der Waals surface area contributed by atoms with Gasteiger partial charge in [0.2, 0.25) is 0 Å². The van der Waals surface area contributed by atoms with E-state index in [0.29, 0.717) is 6.42 Å². The number of rotatable bonds is 4. The molecule has 0 radical (unpaired) electrons. The van der Waals surface area contributed by atoms with Crippen molar-refractivity contribution in [2.24, 2.45) is 5.92 Å². The van der Waals surface area contributed by atoms with Gasteiger partial charge in [0.1, 0.15) is 11.3 Å². The Kier molecular flexibility index (Phi) is 8.84. The normalized spacial score (nSPS) is 22.6. The fourth-order valence-corrected chi connectivity index (χ4v) is 4.66. The number of nitrogens with zero attached hydrogens (tertiary/aromatic N) is 1. The lowest BCUT2D eigenvalue weighted by Crippen LogP contribution is -2.48. The molecule has 1 saturated heterocycles. The number of piperidine rings is 1. The minimum atomic E-state index is -0.919. The third-order valence-corrected chi connectivity index (χ3v) is 6.56. The van der Waals surface area contributed by atoms with Crippen LogP contribution in [0.3, 0.4) is 0 Å². The second-order valence-electron chi connectivity index (χ2n) is 8.81. The van der Waals surface area contributed by atoms with Crippen LogP contribution in [0.1, 0.15) is 37.3 Å². The van der Waals surface area contributed by atoms with E-state index in [4.69, 9.17) is 9.15 Å². The lowest BCUT2D eigenvalue weighted by molar-refractivity contribution is -0.0723. The fraction of sp³-hybridized carbons (Fsp3) is 0.407. The second-order valence-corrected chi connectivity index (χ2v) is 8.81. The molecular formula is C27H35ClN2O3. The molecule has 0 bridgehead atoms. The Morgan fingerprint density at radius 2 is 2.03 bits per heavy atom. The van der Waals surface area contributed by atoms with Gasteiger partial charge in [0, 0.05) is 43.0 Å². The number of ether oxygens (including phenoxy) is 1. The molecule has 2 aliphatic heterocycles. The molecule has 2 unspecified atom stereocenters. The number of aliphatic hydroxyl groups is 1. The zero-order valence-electron chi connectivity index (χ0n) is 19.5. The average Bonchev–Trinajstić information content (AvgIpc) is 3.32. The molecule has 2 aliphatic rings. The van der Waals surface area contributed by atoms with Gasteiger partial charge in [0.25, 0.3) is 0 Å². The van der Waals surface area contributed by atoms with Gasteiger partial charge >= 0.3 is 0 Å². The minimum Gasteiger partial charge on any atom is -0.497 e. The van der Waals surface area contributed by atoms with E-state index in [1.54, 1.807) is 13.4 Å². The Morgan fingerprint density at radius 1 is 1.21 bits per heavy atom. The van der Waals surface area contributed by atoms with E-state index in [1.165, 1.54) is 18.4 Å². The molecule has 2 aromatic carbocycles. The van der Waals surface area contributed by atoms with E-state index in [1.807, 2.05) is 30.5 Å². The standard InChI is InChI=1S/C22H25NO3.C5H9N.ClH/c1-16-14-23(15-17-6-4-3-5-7-17)10-9-22(16,24)20-13-19(25-2)12-18-8-11-26-21(18)20;1-2-4-6-5-3-1;/h3-8,11-13,16,24H,9-10,14-15H2,1-2H3;2,4,6H,1,3,5H2;1H. The summed E-state index contributed by atoms with van der Waals surface area (Å²) in [6.45, 7) is 5.87. The van der Waals surface area contributed by atoms with Crippen LogP contribution in [0.5, 0.6) is 5.75 Å². The number of hydrogen-bond donors (Lipinski definition) is 2. The molecule has 6 heteroatoms. The van der Waals surface area contributed by atoms with Crippen LogP contribution in [0.15, 0.2) is 71.5 Å². The van der Waals surface area contributed by atoms with Crippen LogP contribution in [-0.2, 0) is 12.1 Å². The Morgan fingerprint density at radius 3 is 2.64 bits per heavy atom. The number of allylic oxidation sites excluding steroid dienone is 1. The van der Waals surface area contributed by atoms with Crippen LogP contribution in [0.4, 0.5) is 0 Å². The van der Waals surface area contributed by atoms with Crippen LogP contribution in [0.25, 0.3) is 11.0 Å². The zero-order chi connectivity index (χ0) is 22.4. The number of benzene rings is 2. The van der Waals surface area contributed by atoms with Crippen molar-refractivity contribution >= 4 is 23.4 Å². The summed E-state index contributed by atoms with van der Waals surface area (Å²) in [7, 11) is 1.65. The highest BCUT2D eigenvalue weighted by molar-refractivity contribution is 5.85. The highest BCUT2D eigenvalue weighted by Crippen LogP contribution is 2.42. The van der Waals surface area contributed by atoms with Crippen molar-refractivity contribution < 1.29 is 14.3 Å². The van der Waals surface area contributed by atoms with Crippen molar-refractivity contribution in [2.45, 2.75) is 38.3 Å². The summed E-state index contributed by atoms with van der Waals surface area (Å²) in [5, 5.41) is 15.7. The van der Waals surface area contributed by atoms with Crippen LogP contribution < -0.4 is 10.1 Å². The first-order valence-electron chi connectivity index (χ1n) is 11.5. The molecule has 3 aromatic rings. The van der Waals surface area contributed by atoms with Crippen molar-refractivity contribution in [1.29, 1.82) is 0 Å². The van der Waals surface area contributed by atoms with Crippen LogP contribution in [0.2, 0.25) is 0 Å². The first-order chi connectivity index (χ1) is 15.6. The van der Waals surface area contributed by atoms with Crippen LogP contribution in [-0.4, -0.2) is 36.8 Å². The first-order valence-corrected chi connectivity index (χ1v) is 11.5. The summed E-state index contributed by atoms with van der Waals surface area (Å²) in [6.07, 6.45) is 9.08. The highest BCUT2D eigenvalue weighted by atomic mass is 35.5. The summed E-state index contributed by atoms with van der Waals surface area (Å²) in [5.41, 5.74) is 1.98. The quantitative estimate of drug-likeness (QED) is 0.529. The molecule has 1 fully saturated rings. The van der Waals surface area contributed by atoms with E-state index in [2.05, 4.69) is 47.5 Å². The maximum Gasteiger partial charge on any atom is 0.140 e. The zero-order valence-corrected chi connectivity index (χ0v) is 20.3. The van der Waals surface area contributed by atoms with Gasteiger partial charge in [0.15, 0.2) is 0 Å². The number of furan rings is 1. The molecule has 33 heavy (non-hydrogen) atoms.